The first-order valence-corrected chi connectivity index (χ1v) is 11.7. The van der Waals surface area contributed by atoms with Gasteiger partial charge in [-0.15, -0.1) is 0 Å². The lowest BCUT2D eigenvalue weighted by atomic mass is 10.0. The molecule has 0 aliphatic heterocycles. The normalized spacial score (nSPS) is 19.7. The van der Waals surface area contributed by atoms with Gasteiger partial charge in [-0.2, -0.15) is 0 Å². The van der Waals surface area contributed by atoms with Crippen LogP contribution in [0.1, 0.15) is 62.2 Å². The van der Waals surface area contributed by atoms with Gasteiger partial charge in [0.1, 0.15) is 0 Å². The maximum Gasteiger partial charge on any atom is 0.251 e. The molecule has 3 heteroatoms. The molecule has 1 saturated carbocycles. The second-order valence-corrected chi connectivity index (χ2v) is 8.95. The maximum atomic E-state index is 13.5. The molecule has 3 nitrogen and oxygen atoms in total. The number of nitrogens with one attached hydrogen (secondary N) is 1. The number of Topliss-reactive ketones (excluding diaryl/α,β-unsaturated/α-hetero) is 1. The van der Waals surface area contributed by atoms with Gasteiger partial charge in [0, 0.05) is 28.9 Å². The van der Waals surface area contributed by atoms with Crippen LogP contribution in [0.2, 0.25) is 0 Å². The second kappa shape index (κ2) is 9.48. The smallest absolute Gasteiger partial charge is 0.251 e. The van der Waals surface area contributed by atoms with Crippen molar-refractivity contribution in [3.63, 3.8) is 0 Å². The summed E-state index contributed by atoms with van der Waals surface area (Å²) in [6.07, 6.45) is 0. The number of carbonyl (C=O) groups excluding carboxylic acids is 2. The Bertz CT molecular complexity index is 1220. The van der Waals surface area contributed by atoms with Crippen LogP contribution in [0.3, 0.4) is 0 Å². The third-order valence-corrected chi connectivity index (χ3v) is 6.77. The number of carbonyl (C=O) groups is 2. The number of amides is 1. The van der Waals surface area contributed by atoms with Crippen molar-refractivity contribution in [3.8, 4) is 0 Å². The summed E-state index contributed by atoms with van der Waals surface area (Å²) in [5, 5.41) is 3.03. The summed E-state index contributed by atoms with van der Waals surface area (Å²) in [5.41, 5.74) is 4.64. The molecule has 1 N–H and O–H groups in total. The maximum absolute atomic E-state index is 13.5. The molecule has 5 rings (SSSR count). The van der Waals surface area contributed by atoms with E-state index in [9.17, 15) is 9.59 Å². The fourth-order valence-electron chi connectivity index (χ4n) is 4.90. The highest BCUT2D eigenvalue weighted by atomic mass is 16.1. The SMILES string of the molecule is C[C@H](NC(=O)c1ccc(C(=O)C2[C@@H](c3ccccc3)[C@H]2c2ccccc2)cc1)c1ccccc1. The van der Waals surface area contributed by atoms with Gasteiger partial charge in [-0.05, 0) is 35.7 Å². The van der Waals surface area contributed by atoms with E-state index in [1.165, 1.54) is 11.1 Å². The molecule has 0 heterocycles. The van der Waals surface area contributed by atoms with Gasteiger partial charge < -0.3 is 5.32 Å². The number of hydrogen-bond acceptors (Lipinski definition) is 2. The van der Waals surface area contributed by atoms with Crippen molar-refractivity contribution in [1.29, 1.82) is 0 Å². The Morgan fingerprint density at radius 2 is 1.06 bits per heavy atom. The predicted octanol–water partition coefficient (Wildman–Crippen LogP) is 6.56. The Hall–Kier alpha value is -3.98. The highest BCUT2D eigenvalue weighted by Crippen LogP contribution is 2.61. The molecule has 1 unspecified atom stereocenters. The van der Waals surface area contributed by atoms with Crippen LogP contribution in [0.25, 0.3) is 0 Å². The molecule has 0 spiro atoms. The molecule has 4 aromatic carbocycles. The zero-order valence-electron chi connectivity index (χ0n) is 19.1. The van der Waals surface area contributed by atoms with E-state index in [2.05, 4.69) is 29.6 Å². The molecule has 4 atom stereocenters. The zero-order valence-corrected chi connectivity index (χ0v) is 19.1. The van der Waals surface area contributed by atoms with E-state index < -0.39 is 0 Å². The number of ketones is 1. The van der Waals surface area contributed by atoms with Crippen LogP contribution in [-0.2, 0) is 0 Å². The Balaban J connectivity index is 1.32. The third-order valence-electron chi connectivity index (χ3n) is 6.77. The molecule has 0 bridgehead atoms. The summed E-state index contributed by atoms with van der Waals surface area (Å²) in [7, 11) is 0. The van der Waals surface area contributed by atoms with Crippen LogP contribution in [0.5, 0.6) is 0 Å². The Kier molecular flexibility index (Phi) is 6.09. The molecule has 1 amide bonds. The van der Waals surface area contributed by atoms with Crippen LogP contribution in [0.4, 0.5) is 0 Å². The van der Waals surface area contributed by atoms with Gasteiger partial charge in [-0.3, -0.25) is 9.59 Å². The molecular formula is C31H27NO2. The van der Waals surface area contributed by atoms with Crippen molar-refractivity contribution in [2.45, 2.75) is 24.8 Å². The third kappa shape index (κ3) is 4.42. The summed E-state index contributed by atoms with van der Waals surface area (Å²) in [5.74, 6) is 0.234. The fraction of sp³-hybridized carbons (Fsp3) is 0.161. The molecule has 34 heavy (non-hydrogen) atoms. The quantitative estimate of drug-likeness (QED) is 0.328. The van der Waals surface area contributed by atoms with Gasteiger partial charge in [0.25, 0.3) is 5.91 Å². The van der Waals surface area contributed by atoms with Crippen LogP contribution >= 0.6 is 0 Å². The molecule has 0 radical (unpaired) electrons. The van der Waals surface area contributed by atoms with Crippen LogP contribution in [0, 0.1) is 5.92 Å². The van der Waals surface area contributed by atoms with E-state index in [-0.39, 0.29) is 35.5 Å². The van der Waals surface area contributed by atoms with E-state index in [1.807, 2.05) is 73.7 Å². The first-order chi connectivity index (χ1) is 16.6. The second-order valence-electron chi connectivity index (χ2n) is 8.95. The van der Waals surface area contributed by atoms with Crippen LogP contribution in [-0.4, -0.2) is 11.7 Å². The highest BCUT2D eigenvalue weighted by molar-refractivity contribution is 6.03. The zero-order chi connectivity index (χ0) is 23.5. The minimum Gasteiger partial charge on any atom is -0.346 e. The number of hydrogen-bond donors (Lipinski definition) is 1. The standard InChI is InChI=1S/C31H27NO2/c1-21(22-11-5-2-6-12-22)32-31(34)26-19-17-25(18-20-26)30(33)29-27(23-13-7-3-8-14-23)28(29)24-15-9-4-10-16-24/h2-21,27-29H,1H3,(H,32,34)/t21-,27-,28+,29?/m0/s1. The van der Waals surface area contributed by atoms with Crippen molar-refractivity contribution in [2.24, 2.45) is 5.92 Å². The average Bonchev–Trinajstić information content (AvgIpc) is 3.65. The molecule has 1 aliphatic rings. The summed E-state index contributed by atoms with van der Waals surface area (Å²) >= 11 is 0. The molecule has 0 aromatic heterocycles. The van der Waals surface area contributed by atoms with Gasteiger partial charge in [-0.25, -0.2) is 0 Å². The molecule has 0 saturated heterocycles. The fourth-order valence-corrected chi connectivity index (χ4v) is 4.90. The Morgan fingerprint density at radius 1 is 0.618 bits per heavy atom. The van der Waals surface area contributed by atoms with Crippen molar-refractivity contribution >= 4 is 11.7 Å². The van der Waals surface area contributed by atoms with E-state index >= 15 is 0 Å². The summed E-state index contributed by atoms with van der Waals surface area (Å²) in [6.45, 7) is 1.96. The summed E-state index contributed by atoms with van der Waals surface area (Å²) in [6, 6.07) is 37.4. The van der Waals surface area contributed by atoms with Gasteiger partial charge in [0.05, 0.1) is 6.04 Å². The number of benzene rings is 4. The molecule has 1 aliphatic carbocycles. The molecular weight excluding hydrogens is 418 g/mol. The van der Waals surface area contributed by atoms with Crippen molar-refractivity contribution in [1.82, 2.24) is 5.32 Å². The van der Waals surface area contributed by atoms with Gasteiger partial charge in [-0.1, -0.05) is 103 Å². The topological polar surface area (TPSA) is 46.2 Å². The lowest BCUT2D eigenvalue weighted by Crippen LogP contribution is -2.26. The lowest BCUT2D eigenvalue weighted by molar-refractivity contribution is 0.0935. The van der Waals surface area contributed by atoms with Crippen molar-refractivity contribution < 1.29 is 9.59 Å². The lowest BCUT2D eigenvalue weighted by Gasteiger charge is -2.14. The summed E-state index contributed by atoms with van der Waals surface area (Å²) in [4.78, 5) is 26.3. The molecule has 168 valence electrons. The van der Waals surface area contributed by atoms with Crippen LogP contribution < -0.4 is 5.32 Å². The molecule has 4 aromatic rings. The minimum absolute atomic E-state index is 0.0948. The first kappa shape index (κ1) is 21.8. The average molecular weight is 446 g/mol. The van der Waals surface area contributed by atoms with Gasteiger partial charge in [0.2, 0.25) is 0 Å². The first-order valence-electron chi connectivity index (χ1n) is 11.7. The largest absolute Gasteiger partial charge is 0.346 e. The highest BCUT2D eigenvalue weighted by Gasteiger charge is 2.55. The van der Waals surface area contributed by atoms with Crippen molar-refractivity contribution in [2.75, 3.05) is 0 Å². The van der Waals surface area contributed by atoms with Crippen LogP contribution in [0.15, 0.2) is 115 Å². The minimum atomic E-state index is -0.147. The Labute approximate surface area is 200 Å². The van der Waals surface area contributed by atoms with Crippen molar-refractivity contribution in [3.05, 3.63) is 143 Å². The van der Waals surface area contributed by atoms with Gasteiger partial charge in [0.15, 0.2) is 5.78 Å². The van der Waals surface area contributed by atoms with E-state index in [0.717, 1.165) is 5.56 Å². The monoisotopic (exact) mass is 445 g/mol. The van der Waals surface area contributed by atoms with E-state index in [4.69, 9.17) is 0 Å². The van der Waals surface area contributed by atoms with Gasteiger partial charge >= 0.3 is 0 Å². The Morgan fingerprint density at radius 3 is 1.56 bits per heavy atom. The molecule has 1 fully saturated rings. The predicted molar refractivity (Wildman–Crippen MR) is 135 cm³/mol. The summed E-state index contributed by atoms with van der Waals surface area (Å²) < 4.78 is 0. The van der Waals surface area contributed by atoms with E-state index in [1.54, 1.807) is 24.3 Å². The van der Waals surface area contributed by atoms with E-state index in [0.29, 0.717) is 11.1 Å². The number of rotatable bonds is 7.